The first-order valence-corrected chi connectivity index (χ1v) is 7.40. The summed E-state index contributed by atoms with van der Waals surface area (Å²) in [6.07, 6.45) is 1.98. The molecule has 1 aliphatic heterocycles. The van der Waals surface area contributed by atoms with Crippen LogP contribution in [0.3, 0.4) is 0 Å². The van der Waals surface area contributed by atoms with Gasteiger partial charge in [0.15, 0.2) is 0 Å². The molecule has 98 valence electrons. The third-order valence-corrected chi connectivity index (χ3v) is 4.31. The Morgan fingerprint density at radius 2 is 2.44 bits per heavy atom. The highest BCUT2D eigenvalue weighted by Gasteiger charge is 2.15. The van der Waals surface area contributed by atoms with Crippen LogP contribution in [-0.2, 0) is 6.42 Å². The fourth-order valence-electron chi connectivity index (χ4n) is 1.98. The maximum absolute atomic E-state index is 11.0. The molecule has 0 spiro atoms. The molecule has 2 heterocycles. The summed E-state index contributed by atoms with van der Waals surface area (Å²) >= 11 is 1.98. The Labute approximate surface area is 111 Å². The van der Waals surface area contributed by atoms with Crippen LogP contribution in [0.15, 0.2) is 12.1 Å². The number of aryl methyl sites for hydroxylation is 1. The van der Waals surface area contributed by atoms with Crippen molar-refractivity contribution in [3.05, 3.63) is 23.4 Å². The van der Waals surface area contributed by atoms with E-state index in [2.05, 4.69) is 10.3 Å². The zero-order chi connectivity index (χ0) is 13.0. The van der Waals surface area contributed by atoms with Crippen molar-refractivity contribution < 1.29 is 9.90 Å². The third-order valence-electron chi connectivity index (χ3n) is 3.08. The number of anilines is 1. The van der Waals surface area contributed by atoms with Crippen LogP contribution in [0.2, 0.25) is 0 Å². The van der Waals surface area contributed by atoms with Gasteiger partial charge in [-0.25, -0.2) is 9.78 Å². The summed E-state index contributed by atoms with van der Waals surface area (Å²) in [6.45, 7) is 2.86. The first kappa shape index (κ1) is 13.2. The van der Waals surface area contributed by atoms with E-state index in [1.165, 1.54) is 17.9 Å². The van der Waals surface area contributed by atoms with E-state index in [-0.39, 0.29) is 0 Å². The highest BCUT2D eigenvalue weighted by Crippen LogP contribution is 2.23. The molecule has 2 rings (SSSR count). The number of carboxylic acids is 1. The highest BCUT2D eigenvalue weighted by atomic mass is 32.2. The van der Waals surface area contributed by atoms with Crippen molar-refractivity contribution in [2.24, 2.45) is 5.92 Å². The van der Waals surface area contributed by atoms with Gasteiger partial charge in [-0.15, -0.1) is 0 Å². The van der Waals surface area contributed by atoms with Crippen molar-refractivity contribution in [2.45, 2.75) is 19.8 Å². The molecule has 0 radical (unpaired) electrons. The van der Waals surface area contributed by atoms with Gasteiger partial charge in [-0.05, 0) is 42.4 Å². The summed E-state index contributed by atoms with van der Waals surface area (Å²) in [5, 5.41) is 12.3. The lowest BCUT2D eigenvalue weighted by Gasteiger charge is -2.12. The molecule has 1 fully saturated rings. The largest absolute Gasteiger partial charge is 0.478 e. The van der Waals surface area contributed by atoms with E-state index >= 15 is 0 Å². The molecule has 1 aliphatic rings. The zero-order valence-corrected chi connectivity index (χ0v) is 11.3. The van der Waals surface area contributed by atoms with Crippen LogP contribution in [0.5, 0.6) is 0 Å². The molecule has 0 bridgehead atoms. The average molecular weight is 266 g/mol. The van der Waals surface area contributed by atoms with Crippen LogP contribution < -0.4 is 5.32 Å². The van der Waals surface area contributed by atoms with Gasteiger partial charge in [0, 0.05) is 12.2 Å². The minimum atomic E-state index is -0.897. The SMILES string of the molecule is CCc1cc(C(=O)O)cc(NCC2CCSC2)n1. The van der Waals surface area contributed by atoms with E-state index in [4.69, 9.17) is 5.11 Å². The number of carbonyl (C=O) groups is 1. The lowest BCUT2D eigenvalue weighted by molar-refractivity contribution is 0.0696. The second kappa shape index (κ2) is 6.09. The van der Waals surface area contributed by atoms with Crippen molar-refractivity contribution in [3.63, 3.8) is 0 Å². The smallest absolute Gasteiger partial charge is 0.335 e. The van der Waals surface area contributed by atoms with Crippen LogP contribution in [0, 0.1) is 5.92 Å². The van der Waals surface area contributed by atoms with Gasteiger partial charge in [0.05, 0.1) is 5.56 Å². The maximum atomic E-state index is 11.0. The Kier molecular flexibility index (Phi) is 4.47. The van der Waals surface area contributed by atoms with Gasteiger partial charge in [-0.2, -0.15) is 11.8 Å². The van der Waals surface area contributed by atoms with Crippen molar-refractivity contribution in [2.75, 3.05) is 23.4 Å². The van der Waals surface area contributed by atoms with Crippen molar-refractivity contribution in [3.8, 4) is 0 Å². The van der Waals surface area contributed by atoms with Gasteiger partial charge in [0.1, 0.15) is 5.82 Å². The van der Waals surface area contributed by atoms with Crippen LogP contribution >= 0.6 is 11.8 Å². The topological polar surface area (TPSA) is 62.2 Å². The van der Waals surface area contributed by atoms with E-state index in [0.29, 0.717) is 17.3 Å². The minimum Gasteiger partial charge on any atom is -0.478 e. The van der Waals surface area contributed by atoms with Gasteiger partial charge in [0.25, 0.3) is 0 Å². The van der Waals surface area contributed by atoms with E-state index in [0.717, 1.165) is 18.7 Å². The highest BCUT2D eigenvalue weighted by molar-refractivity contribution is 7.99. The predicted octanol–water partition coefficient (Wildman–Crippen LogP) is 2.51. The second-order valence-electron chi connectivity index (χ2n) is 4.50. The van der Waals surface area contributed by atoms with E-state index in [1.54, 1.807) is 12.1 Å². The molecule has 0 aromatic carbocycles. The quantitative estimate of drug-likeness (QED) is 0.857. The molecule has 18 heavy (non-hydrogen) atoms. The molecule has 5 heteroatoms. The summed E-state index contributed by atoms with van der Waals surface area (Å²) in [5.74, 6) is 2.88. The lowest BCUT2D eigenvalue weighted by atomic mass is 10.1. The normalized spacial score (nSPS) is 18.8. The number of nitrogens with one attached hydrogen (secondary N) is 1. The Bertz CT molecular complexity index is 431. The Morgan fingerprint density at radius 1 is 1.61 bits per heavy atom. The van der Waals surface area contributed by atoms with Gasteiger partial charge >= 0.3 is 5.97 Å². The van der Waals surface area contributed by atoms with Gasteiger partial charge in [-0.3, -0.25) is 0 Å². The molecule has 0 saturated carbocycles. The molecule has 1 atom stereocenters. The molecule has 1 aromatic rings. The van der Waals surface area contributed by atoms with Crippen LogP contribution in [0.1, 0.15) is 29.4 Å². The lowest BCUT2D eigenvalue weighted by Crippen LogP contribution is -2.15. The number of thioether (sulfide) groups is 1. The number of rotatable bonds is 5. The average Bonchev–Trinajstić information content (AvgIpc) is 2.89. The minimum absolute atomic E-state index is 0.310. The summed E-state index contributed by atoms with van der Waals surface area (Å²) < 4.78 is 0. The molecular weight excluding hydrogens is 248 g/mol. The molecule has 0 amide bonds. The van der Waals surface area contributed by atoms with Gasteiger partial charge in [0.2, 0.25) is 0 Å². The Morgan fingerprint density at radius 3 is 3.06 bits per heavy atom. The van der Waals surface area contributed by atoms with E-state index in [1.807, 2.05) is 18.7 Å². The number of aromatic carboxylic acids is 1. The predicted molar refractivity (Wildman–Crippen MR) is 74.5 cm³/mol. The molecule has 1 unspecified atom stereocenters. The second-order valence-corrected chi connectivity index (χ2v) is 5.65. The van der Waals surface area contributed by atoms with Crippen LogP contribution in [-0.4, -0.2) is 34.1 Å². The summed E-state index contributed by atoms with van der Waals surface area (Å²) in [5.41, 5.74) is 1.13. The van der Waals surface area contributed by atoms with Crippen molar-refractivity contribution in [1.82, 2.24) is 4.98 Å². The zero-order valence-electron chi connectivity index (χ0n) is 10.5. The number of hydrogen-bond donors (Lipinski definition) is 2. The molecule has 1 aromatic heterocycles. The molecule has 4 nitrogen and oxygen atoms in total. The van der Waals surface area contributed by atoms with Crippen molar-refractivity contribution >= 4 is 23.5 Å². The summed E-state index contributed by atoms with van der Waals surface area (Å²) in [7, 11) is 0. The number of nitrogens with zero attached hydrogens (tertiary/aromatic N) is 1. The summed E-state index contributed by atoms with van der Waals surface area (Å²) in [4.78, 5) is 15.4. The first-order valence-electron chi connectivity index (χ1n) is 6.25. The maximum Gasteiger partial charge on any atom is 0.335 e. The Hall–Kier alpha value is -1.23. The fraction of sp³-hybridized carbons (Fsp3) is 0.538. The summed E-state index contributed by atoms with van der Waals surface area (Å²) in [6, 6.07) is 3.25. The Balaban J connectivity index is 2.05. The van der Waals surface area contributed by atoms with E-state index in [9.17, 15) is 4.79 Å². The standard InChI is InChI=1S/C13H18N2O2S/c1-2-11-5-10(13(16)17)6-12(15-11)14-7-9-3-4-18-8-9/h5-6,9H,2-4,7-8H2,1H3,(H,14,15)(H,16,17). The number of carboxylic acid groups (broad SMARTS) is 1. The molecule has 1 saturated heterocycles. The van der Waals surface area contributed by atoms with E-state index < -0.39 is 5.97 Å². The third kappa shape index (κ3) is 3.38. The monoisotopic (exact) mass is 266 g/mol. The number of pyridine rings is 1. The number of hydrogen-bond acceptors (Lipinski definition) is 4. The first-order chi connectivity index (χ1) is 8.69. The van der Waals surface area contributed by atoms with Crippen molar-refractivity contribution in [1.29, 1.82) is 0 Å². The molecular formula is C13H18N2O2S. The fourth-order valence-corrected chi connectivity index (χ4v) is 3.26. The van der Waals surface area contributed by atoms with Gasteiger partial charge < -0.3 is 10.4 Å². The molecule has 2 N–H and O–H groups in total. The van der Waals surface area contributed by atoms with Crippen LogP contribution in [0.4, 0.5) is 5.82 Å². The molecule has 0 aliphatic carbocycles. The number of aromatic nitrogens is 1. The van der Waals surface area contributed by atoms with Crippen LogP contribution in [0.25, 0.3) is 0 Å². The van der Waals surface area contributed by atoms with Gasteiger partial charge in [-0.1, -0.05) is 6.92 Å².